The monoisotopic (exact) mass is 605 g/mol. The molecule has 0 aliphatic carbocycles. The van der Waals surface area contributed by atoms with Crippen molar-refractivity contribution in [2.45, 2.75) is 31.1 Å². The molecule has 0 unspecified atom stereocenters. The maximum absolute atomic E-state index is 13.3. The van der Waals surface area contributed by atoms with Gasteiger partial charge in [0.1, 0.15) is 17.3 Å². The Morgan fingerprint density at radius 1 is 1.09 bits per heavy atom. The van der Waals surface area contributed by atoms with E-state index >= 15 is 0 Å². The van der Waals surface area contributed by atoms with Gasteiger partial charge in [-0.05, 0) is 60.7 Å². The number of quaternary nitrogens is 1. The summed E-state index contributed by atoms with van der Waals surface area (Å²) < 4.78 is 43.0. The Labute approximate surface area is 250 Å². The third-order valence-electron chi connectivity index (χ3n) is 6.62. The van der Waals surface area contributed by atoms with Gasteiger partial charge in [0, 0.05) is 42.3 Å². The second-order valence-electron chi connectivity index (χ2n) is 9.84. The van der Waals surface area contributed by atoms with Crippen molar-refractivity contribution in [2.24, 2.45) is 5.10 Å². The average Bonchev–Trinajstić information content (AvgIpc) is 2.99. The SMILES string of the molecule is CCc1cc(-c2ccc(F)cc2)c(O)cc1OCCCCNC(=O)c1ccc([NH2+]N=Cc2ccccc2S(C)(=O)=O)nc1. The molecule has 0 spiro atoms. The summed E-state index contributed by atoms with van der Waals surface area (Å²) in [5.41, 5.74) is 4.65. The first-order valence-corrected chi connectivity index (χ1v) is 15.7. The van der Waals surface area contributed by atoms with Gasteiger partial charge < -0.3 is 15.2 Å². The van der Waals surface area contributed by atoms with Gasteiger partial charge in [-0.15, -0.1) is 0 Å². The van der Waals surface area contributed by atoms with Gasteiger partial charge in [-0.2, -0.15) is 5.43 Å². The van der Waals surface area contributed by atoms with E-state index in [2.05, 4.69) is 15.4 Å². The van der Waals surface area contributed by atoms with E-state index < -0.39 is 9.84 Å². The zero-order valence-corrected chi connectivity index (χ0v) is 24.8. The van der Waals surface area contributed by atoms with Crippen molar-refractivity contribution in [3.05, 3.63) is 102 Å². The van der Waals surface area contributed by atoms with Gasteiger partial charge in [0.15, 0.2) is 9.84 Å². The molecule has 224 valence electrons. The Bertz CT molecular complexity index is 1690. The van der Waals surface area contributed by atoms with Gasteiger partial charge >= 0.3 is 0 Å². The molecule has 4 aromatic rings. The highest BCUT2D eigenvalue weighted by Gasteiger charge is 2.13. The number of phenolic OH excluding ortho intramolecular Hbond substituents is 1. The number of pyridine rings is 1. The third kappa shape index (κ3) is 8.69. The predicted octanol–water partition coefficient (Wildman–Crippen LogP) is 4.38. The number of rotatable bonds is 13. The van der Waals surface area contributed by atoms with E-state index in [0.29, 0.717) is 60.7 Å². The van der Waals surface area contributed by atoms with Crippen molar-refractivity contribution in [2.75, 3.05) is 19.4 Å². The number of hydrogen-bond donors (Lipinski definition) is 3. The Balaban J connectivity index is 1.21. The first-order valence-electron chi connectivity index (χ1n) is 13.8. The van der Waals surface area contributed by atoms with Crippen LogP contribution in [0.4, 0.5) is 10.2 Å². The second kappa shape index (κ2) is 14.5. The maximum atomic E-state index is 13.3. The van der Waals surface area contributed by atoms with E-state index in [-0.39, 0.29) is 22.4 Å². The van der Waals surface area contributed by atoms with Gasteiger partial charge in [-0.25, -0.2) is 17.8 Å². The van der Waals surface area contributed by atoms with Gasteiger partial charge in [-0.3, -0.25) is 4.79 Å². The summed E-state index contributed by atoms with van der Waals surface area (Å²) in [6, 6.07) is 19.3. The molecule has 3 aromatic carbocycles. The number of phenols is 1. The topological polar surface area (TPSA) is 135 Å². The predicted molar refractivity (Wildman–Crippen MR) is 163 cm³/mol. The minimum atomic E-state index is -3.38. The third-order valence-corrected chi connectivity index (χ3v) is 7.79. The summed E-state index contributed by atoms with van der Waals surface area (Å²) in [4.78, 5) is 16.9. The lowest BCUT2D eigenvalue weighted by molar-refractivity contribution is -0.580. The number of unbranched alkanes of at least 4 members (excludes halogenated alkanes) is 1. The van der Waals surface area contributed by atoms with Crippen LogP contribution in [-0.2, 0) is 16.3 Å². The molecule has 0 aliphatic rings. The number of nitrogens with one attached hydrogen (secondary N) is 1. The summed E-state index contributed by atoms with van der Waals surface area (Å²) in [5.74, 6) is 0.595. The lowest BCUT2D eigenvalue weighted by Crippen LogP contribution is -2.71. The molecule has 0 radical (unpaired) electrons. The smallest absolute Gasteiger partial charge is 0.252 e. The van der Waals surface area contributed by atoms with Crippen LogP contribution in [-0.4, -0.2) is 50.0 Å². The summed E-state index contributed by atoms with van der Waals surface area (Å²) in [6.45, 7) is 2.87. The highest BCUT2D eigenvalue weighted by molar-refractivity contribution is 7.90. The van der Waals surface area contributed by atoms with Gasteiger partial charge in [0.05, 0.1) is 23.3 Å². The number of hydrogen-bond acceptors (Lipinski definition) is 7. The van der Waals surface area contributed by atoms with E-state index in [1.54, 1.807) is 48.5 Å². The molecule has 43 heavy (non-hydrogen) atoms. The number of nitrogens with two attached hydrogens (primary N) is 1. The summed E-state index contributed by atoms with van der Waals surface area (Å²) >= 11 is 0. The first-order chi connectivity index (χ1) is 20.7. The van der Waals surface area contributed by atoms with Crippen LogP contribution in [0.2, 0.25) is 0 Å². The van der Waals surface area contributed by atoms with Crippen LogP contribution >= 0.6 is 0 Å². The molecule has 11 heteroatoms. The van der Waals surface area contributed by atoms with E-state index in [1.807, 2.05) is 13.0 Å². The number of aryl methyl sites for hydroxylation is 1. The molecule has 0 atom stereocenters. The molecule has 0 aliphatic heterocycles. The molecule has 0 saturated carbocycles. The number of benzene rings is 3. The van der Waals surface area contributed by atoms with E-state index in [9.17, 15) is 22.7 Å². The number of amides is 1. The second-order valence-corrected chi connectivity index (χ2v) is 11.8. The zero-order valence-electron chi connectivity index (χ0n) is 24.0. The molecule has 1 aromatic heterocycles. The molecule has 0 saturated heterocycles. The molecular weight excluding hydrogens is 571 g/mol. The molecule has 4 rings (SSSR count). The quantitative estimate of drug-likeness (QED) is 0.0897. The number of nitrogens with zero attached hydrogens (tertiary/aromatic N) is 2. The Morgan fingerprint density at radius 2 is 1.86 bits per heavy atom. The number of carbonyl (C=O) groups excluding carboxylic acids is 1. The maximum Gasteiger partial charge on any atom is 0.252 e. The number of sulfone groups is 1. The fourth-order valence-corrected chi connectivity index (χ4v) is 5.21. The molecule has 1 amide bonds. The molecule has 0 bridgehead atoms. The lowest BCUT2D eigenvalue weighted by Gasteiger charge is -2.14. The standard InChI is InChI=1S/C32H33FN4O5S/c1-3-22-18-27(23-10-13-26(33)14-11-23)28(38)19-29(22)42-17-7-6-16-34-32(39)25-12-15-31(35-20-25)37-36-21-24-8-4-5-9-30(24)43(2,40)41/h4-5,8-15,18-21,38H,3,6-7,16-17H2,1-2H3,(H,34,39)(H,35,37)/p+1. The highest BCUT2D eigenvalue weighted by atomic mass is 32.2. The molecule has 1 heterocycles. The van der Waals surface area contributed by atoms with Crippen LogP contribution in [0, 0.1) is 5.82 Å². The Morgan fingerprint density at radius 3 is 2.56 bits per heavy atom. The number of ether oxygens (including phenoxy) is 1. The van der Waals surface area contributed by atoms with E-state index in [0.717, 1.165) is 17.4 Å². The normalized spacial score (nSPS) is 11.5. The van der Waals surface area contributed by atoms with Crippen LogP contribution in [0.3, 0.4) is 0 Å². The minimum Gasteiger partial charge on any atom is -0.507 e. The average molecular weight is 606 g/mol. The van der Waals surface area contributed by atoms with Crippen molar-refractivity contribution < 1.29 is 32.9 Å². The van der Waals surface area contributed by atoms with Crippen molar-refractivity contribution in [1.29, 1.82) is 0 Å². The van der Waals surface area contributed by atoms with Crippen molar-refractivity contribution in [3.63, 3.8) is 0 Å². The summed E-state index contributed by atoms with van der Waals surface area (Å²) in [6.07, 6.45) is 6.14. The molecular formula is C32H34FN4O5S+. The Kier molecular flexibility index (Phi) is 10.6. The number of aromatic hydroxyl groups is 1. The number of carbonyl (C=O) groups is 1. The summed E-state index contributed by atoms with van der Waals surface area (Å²) in [5, 5.41) is 17.6. The number of halogens is 1. The number of aromatic nitrogens is 1. The first kappa shape index (κ1) is 31.3. The van der Waals surface area contributed by atoms with Crippen LogP contribution in [0.1, 0.15) is 41.3 Å². The highest BCUT2D eigenvalue weighted by Crippen LogP contribution is 2.36. The van der Waals surface area contributed by atoms with Crippen molar-refractivity contribution in [3.8, 4) is 22.6 Å². The largest absolute Gasteiger partial charge is 0.507 e. The van der Waals surface area contributed by atoms with Gasteiger partial charge in [-0.1, -0.05) is 42.4 Å². The zero-order chi connectivity index (χ0) is 30.8. The van der Waals surface area contributed by atoms with Crippen LogP contribution in [0.25, 0.3) is 11.1 Å². The van der Waals surface area contributed by atoms with Gasteiger partial charge in [0.25, 0.3) is 11.7 Å². The molecule has 4 N–H and O–H groups in total. The van der Waals surface area contributed by atoms with E-state index in [1.165, 1.54) is 36.0 Å². The molecule has 0 fully saturated rings. The van der Waals surface area contributed by atoms with Crippen LogP contribution < -0.4 is 15.5 Å². The van der Waals surface area contributed by atoms with E-state index in [4.69, 9.17) is 4.74 Å². The molecule has 9 nitrogen and oxygen atoms in total. The van der Waals surface area contributed by atoms with Crippen molar-refractivity contribution >= 4 is 27.8 Å². The minimum absolute atomic E-state index is 0.0624. The fourth-order valence-electron chi connectivity index (χ4n) is 4.33. The summed E-state index contributed by atoms with van der Waals surface area (Å²) in [7, 11) is -3.38. The van der Waals surface area contributed by atoms with Crippen molar-refractivity contribution in [1.82, 2.24) is 10.3 Å². The lowest BCUT2D eigenvalue weighted by atomic mass is 10.00. The Hall–Kier alpha value is -4.61. The van der Waals surface area contributed by atoms with Crippen LogP contribution in [0.15, 0.2) is 89.0 Å². The fraction of sp³-hybridized carbons (Fsp3) is 0.219. The van der Waals surface area contributed by atoms with Crippen LogP contribution in [0.5, 0.6) is 11.5 Å². The van der Waals surface area contributed by atoms with Gasteiger partial charge in [0.2, 0.25) is 0 Å².